The number of benzene rings is 1. The molecule has 3 rings (SSSR count). The van der Waals surface area contributed by atoms with Crippen molar-refractivity contribution in [3.63, 3.8) is 0 Å². The molecule has 1 aromatic carbocycles. The van der Waals surface area contributed by atoms with Gasteiger partial charge in [0.1, 0.15) is 4.32 Å². The number of hydrogen-bond acceptors (Lipinski definition) is 6. The molecule has 1 aromatic rings. The van der Waals surface area contributed by atoms with Crippen LogP contribution < -0.4 is 0 Å². The lowest BCUT2D eigenvalue weighted by atomic mass is 10.1. The third-order valence-corrected chi connectivity index (χ3v) is 5.33. The topological polar surface area (TPSA) is 56.6 Å². The molecule has 124 valence electrons. The Labute approximate surface area is 150 Å². The monoisotopic (exact) mass is 359 g/mol. The molecule has 0 aromatic heterocycles. The summed E-state index contributed by atoms with van der Waals surface area (Å²) in [5.41, 5.74) is 1.49. The Morgan fingerprint density at radius 2 is 1.96 bits per heavy atom. The Bertz CT molecular complexity index is 704. The minimum absolute atomic E-state index is 0.0392. The molecule has 0 radical (unpaired) electrons. The molecule has 5 nitrogen and oxygen atoms in total. The van der Waals surface area contributed by atoms with Crippen molar-refractivity contribution < 1.29 is 9.53 Å². The zero-order valence-electron chi connectivity index (χ0n) is 13.1. The molecule has 2 saturated heterocycles. The molecule has 1 amide bonds. The number of morpholine rings is 1. The molecule has 0 spiro atoms. The standard InChI is InChI=1S/C17H17N3O2S2/c18-12-14-3-1-13(2-4-14)11-15-16(21)20(17(23)24-15)6-5-19-7-9-22-10-8-19/h1-4,11H,5-10H2/b15-11-. The van der Waals surface area contributed by atoms with Crippen molar-refractivity contribution in [1.29, 1.82) is 5.26 Å². The molecule has 24 heavy (non-hydrogen) atoms. The number of nitriles is 1. The highest BCUT2D eigenvalue weighted by Crippen LogP contribution is 2.32. The van der Waals surface area contributed by atoms with Gasteiger partial charge in [-0.25, -0.2) is 0 Å². The van der Waals surface area contributed by atoms with Gasteiger partial charge in [0.15, 0.2) is 0 Å². The van der Waals surface area contributed by atoms with Crippen LogP contribution in [0.5, 0.6) is 0 Å². The molecule has 2 heterocycles. The van der Waals surface area contributed by atoms with Gasteiger partial charge >= 0.3 is 0 Å². The third-order valence-electron chi connectivity index (χ3n) is 3.95. The van der Waals surface area contributed by atoms with Crippen LogP contribution in [0.25, 0.3) is 6.08 Å². The number of thiocarbonyl (C=S) groups is 1. The lowest BCUT2D eigenvalue weighted by molar-refractivity contribution is -0.122. The van der Waals surface area contributed by atoms with Crippen LogP contribution in [0, 0.1) is 11.3 Å². The van der Waals surface area contributed by atoms with Crippen molar-refractivity contribution in [2.24, 2.45) is 0 Å². The Hall–Kier alpha value is -1.72. The van der Waals surface area contributed by atoms with E-state index >= 15 is 0 Å². The first kappa shape index (κ1) is 17.1. The Morgan fingerprint density at radius 1 is 1.25 bits per heavy atom. The van der Waals surface area contributed by atoms with Crippen LogP contribution in [0.15, 0.2) is 29.2 Å². The molecule has 2 fully saturated rings. The molecule has 2 aliphatic heterocycles. The van der Waals surface area contributed by atoms with Crippen molar-refractivity contribution in [1.82, 2.24) is 9.80 Å². The SMILES string of the molecule is N#Cc1ccc(/C=C2\SC(=S)N(CCN3CCOCC3)C2=O)cc1. The van der Waals surface area contributed by atoms with Crippen molar-refractivity contribution in [2.45, 2.75) is 0 Å². The summed E-state index contributed by atoms with van der Waals surface area (Å²) in [6.45, 7) is 4.70. The van der Waals surface area contributed by atoms with E-state index in [4.69, 9.17) is 22.2 Å². The first-order valence-electron chi connectivity index (χ1n) is 7.73. The van der Waals surface area contributed by atoms with E-state index in [-0.39, 0.29) is 5.91 Å². The summed E-state index contributed by atoms with van der Waals surface area (Å²) in [5, 5.41) is 8.83. The van der Waals surface area contributed by atoms with Crippen molar-refractivity contribution >= 4 is 40.3 Å². The normalized spacial score (nSPS) is 20.6. The first-order chi connectivity index (χ1) is 11.7. The summed E-state index contributed by atoms with van der Waals surface area (Å²) >= 11 is 6.69. The van der Waals surface area contributed by atoms with E-state index in [1.807, 2.05) is 18.2 Å². The fourth-order valence-corrected chi connectivity index (χ4v) is 3.87. The maximum absolute atomic E-state index is 12.6. The van der Waals surface area contributed by atoms with E-state index in [2.05, 4.69) is 11.0 Å². The van der Waals surface area contributed by atoms with Crippen molar-refractivity contribution in [3.05, 3.63) is 40.3 Å². The smallest absolute Gasteiger partial charge is 0.266 e. The predicted octanol–water partition coefficient (Wildman–Crippen LogP) is 2.09. The second kappa shape index (κ2) is 7.90. The van der Waals surface area contributed by atoms with Crippen LogP contribution in [0.2, 0.25) is 0 Å². The van der Waals surface area contributed by atoms with Crippen molar-refractivity contribution in [2.75, 3.05) is 39.4 Å². The molecule has 0 saturated carbocycles. The van der Waals surface area contributed by atoms with Gasteiger partial charge in [-0.1, -0.05) is 36.1 Å². The number of ether oxygens (including phenoxy) is 1. The van der Waals surface area contributed by atoms with E-state index in [1.165, 1.54) is 11.8 Å². The summed E-state index contributed by atoms with van der Waals surface area (Å²) < 4.78 is 5.94. The van der Waals surface area contributed by atoms with Crippen LogP contribution in [0.4, 0.5) is 0 Å². The number of thioether (sulfide) groups is 1. The predicted molar refractivity (Wildman–Crippen MR) is 98.3 cm³/mol. The summed E-state index contributed by atoms with van der Waals surface area (Å²) in [5.74, 6) is -0.0392. The van der Waals surface area contributed by atoms with Gasteiger partial charge in [0.2, 0.25) is 0 Å². The van der Waals surface area contributed by atoms with Gasteiger partial charge in [0.05, 0.1) is 29.8 Å². The summed E-state index contributed by atoms with van der Waals surface area (Å²) in [6, 6.07) is 9.23. The highest BCUT2D eigenvalue weighted by molar-refractivity contribution is 8.26. The van der Waals surface area contributed by atoms with E-state index in [0.29, 0.717) is 21.3 Å². The maximum Gasteiger partial charge on any atom is 0.266 e. The molecule has 0 bridgehead atoms. The first-order valence-corrected chi connectivity index (χ1v) is 8.95. The average Bonchev–Trinajstić information content (AvgIpc) is 2.88. The number of rotatable bonds is 4. The fourth-order valence-electron chi connectivity index (χ4n) is 2.56. The number of carbonyl (C=O) groups is 1. The average molecular weight is 359 g/mol. The summed E-state index contributed by atoms with van der Waals surface area (Å²) in [7, 11) is 0. The highest BCUT2D eigenvalue weighted by Gasteiger charge is 2.32. The van der Waals surface area contributed by atoms with Crippen LogP contribution in [-0.2, 0) is 9.53 Å². The zero-order chi connectivity index (χ0) is 16.9. The van der Waals surface area contributed by atoms with Gasteiger partial charge in [-0.2, -0.15) is 5.26 Å². The largest absolute Gasteiger partial charge is 0.379 e. The summed E-state index contributed by atoms with van der Waals surface area (Å²) in [4.78, 5) is 17.2. The Kier molecular flexibility index (Phi) is 5.63. The zero-order valence-corrected chi connectivity index (χ0v) is 14.7. The lowest BCUT2D eigenvalue weighted by Gasteiger charge is -2.28. The van der Waals surface area contributed by atoms with Gasteiger partial charge < -0.3 is 4.74 Å². The molecule has 0 atom stereocenters. The van der Waals surface area contributed by atoms with Crippen molar-refractivity contribution in [3.8, 4) is 6.07 Å². The number of carbonyl (C=O) groups excluding carboxylic acids is 1. The van der Waals surface area contributed by atoms with Gasteiger partial charge in [0.25, 0.3) is 5.91 Å². The van der Waals surface area contributed by atoms with Crippen LogP contribution in [0.3, 0.4) is 0 Å². The summed E-state index contributed by atoms with van der Waals surface area (Å²) in [6.07, 6.45) is 1.83. The minimum atomic E-state index is -0.0392. The maximum atomic E-state index is 12.6. The number of nitrogens with zero attached hydrogens (tertiary/aromatic N) is 3. The minimum Gasteiger partial charge on any atom is -0.379 e. The molecule has 0 unspecified atom stereocenters. The van der Waals surface area contributed by atoms with Gasteiger partial charge in [0, 0.05) is 26.2 Å². The van der Waals surface area contributed by atoms with E-state index in [9.17, 15) is 4.79 Å². The van der Waals surface area contributed by atoms with Crippen LogP contribution in [-0.4, -0.2) is 59.4 Å². The van der Waals surface area contributed by atoms with Gasteiger partial charge in [-0.3, -0.25) is 14.6 Å². The van der Waals surface area contributed by atoms with Crippen LogP contribution in [0.1, 0.15) is 11.1 Å². The number of amides is 1. The van der Waals surface area contributed by atoms with E-state index in [0.717, 1.165) is 38.4 Å². The second-order valence-corrected chi connectivity index (χ2v) is 7.20. The lowest BCUT2D eigenvalue weighted by Crippen LogP contribution is -2.42. The molecular formula is C17H17N3O2S2. The Morgan fingerprint density at radius 3 is 2.62 bits per heavy atom. The molecule has 7 heteroatoms. The number of hydrogen-bond donors (Lipinski definition) is 0. The Balaban J connectivity index is 1.64. The van der Waals surface area contributed by atoms with Crippen LogP contribution >= 0.6 is 24.0 Å². The molecule has 0 aliphatic carbocycles. The van der Waals surface area contributed by atoms with E-state index < -0.39 is 0 Å². The highest BCUT2D eigenvalue weighted by atomic mass is 32.2. The second-order valence-electron chi connectivity index (χ2n) is 5.52. The molecule has 2 aliphatic rings. The van der Waals surface area contributed by atoms with Gasteiger partial charge in [-0.05, 0) is 23.8 Å². The molecule has 0 N–H and O–H groups in total. The fraction of sp³-hybridized carbons (Fsp3) is 0.353. The quantitative estimate of drug-likeness (QED) is 0.606. The third kappa shape index (κ3) is 4.02. The van der Waals surface area contributed by atoms with E-state index in [1.54, 1.807) is 17.0 Å². The van der Waals surface area contributed by atoms with Gasteiger partial charge in [-0.15, -0.1) is 0 Å². The molecular weight excluding hydrogens is 342 g/mol.